The summed E-state index contributed by atoms with van der Waals surface area (Å²) >= 11 is 0. The smallest absolute Gasteiger partial charge is 0.356 e. The van der Waals surface area contributed by atoms with E-state index >= 15 is 0 Å². The molecular formula is C7H7N3O3. The fourth-order valence-corrected chi connectivity index (χ4v) is 0.676. The molecule has 1 aromatic rings. The summed E-state index contributed by atoms with van der Waals surface area (Å²) in [7, 11) is 0. The third-order valence-electron chi connectivity index (χ3n) is 1.22. The van der Waals surface area contributed by atoms with Crippen LogP contribution in [0, 0.1) is 27.6 Å². The third kappa shape index (κ3) is 5.15. The highest BCUT2D eigenvalue weighted by molar-refractivity contribution is 5.50. The molecule has 0 radical (unpaired) electrons. The average molecular weight is 181 g/mol. The molecule has 1 rings (SSSR count). The van der Waals surface area contributed by atoms with Crippen LogP contribution in [0.4, 0.5) is 5.69 Å². The van der Waals surface area contributed by atoms with Crippen LogP contribution >= 0.6 is 0 Å². The summed E-state index contributed by atoms with van der Waals surface area (Å²) in [5, 5.41) is 23.1. The molecule has 0 atom stereocenters. The lowest BCUT2D eigenvalue weighted by Gasteiger charge is -1.80. The minimum atomic E-state index is -1.75. The van der Waals surface area contributed by atoms with Crippen LogP contribution in [-0.2, 0) is 0 Å². The van der Waals surface area contributed by atoms with E-state index in [2.05, 4.69) is 4.98 Å². The van der Waals surface area contributed by atoms with E-state index in [0.717, 1.165) is 5.56 Å². The molecule has 1 aromatic carbocycles. The fraction of sp³-hybridized carbons (Fsp3) is 0.143. The molecule has 0 amide bonds. The molecule has 6 nitrogen and oxygen atoms in total. The third-order valence-corrected chi connectivity index (χ3v) is 1.22. The molecule has 0 aliphatic carbocycles. The predicted molar refractivity (Wildman–Crippen MR) is 46.3 cm³/mol. The first-order chi connectivity index (χ1) is 6.07. The second-order valence-corrected chi connectivity index (χ2v) is 2.11. The Morgan fingerprint density at radius 2 is 1.85 bits per heavy atom. The van der Waals surface area contributed by atoms with Gasteiger partial charge in [0.25, 0.3) is 0 Å². The second kappa shape index (κ2) is 5.49. The molecule has 0 N–H and O–H groups in total. The molecule has 0 saturated carbocycles. The van der Waals surface area contributed by atoms with Crippen molar-refractivity contribution in [1.82, 2.24) is 0 Å². The van der Waals surface area contributed by atoms with Crippen molar-refractivity contribution in [3.63, 3.8) is 0 Å². The van der Waals surface area contributed by atoms with Gasteiger partial charge in [-0.2, -0.15) is 0 Å². The van der Waals surface area contributed by atoms with E-state index in [1.54, 1.807) is 6.07 Å². The average Bonchev–Trinajstić information content (AvgIpc) is 2.04. The molecule has 0 aliphatic heterocycles. The van der Waals surface area contributed by atoms with Crippen molar-refractivity contribution in [2.75, 3.05) is 0 Å². The van der Waals surface area contributed by atoms with Gasteiger partial charge < -0.3 is 15.3 Å². The Hall–Kier alpha value is -2.16. The fourth-order valence-electron chi connectivity index (χ4n) is 0.676. The monoisotopic (exact) mass is 181 g/mol. The lowest BCUT2D eigenvalue weighted by atomic mass is 10.2. The topological polar surface area (TPSA) is 94.3 Å². The molecule has 13 heavy (non-hydrogen) atoms. The van der Waals surface area contributed by atoms with Gasteiger partial charge >= 0.3 is 5.69 Å². The van der Waals surface area contributed by atoms with Gasteiger partial charge in [0.2, 0.25) is 5.39 Å². The van der Waals surface area contributed by atoms with Crippen molar-refractivity contribution in [2.24, 2.45) is 0 Å². The zero-order valence-corrected chi connectivity index (χ0v) is 6.88. The zero-order valence-electron chi connectivity index (χ0n) is 6.88. The minimum absolute atomic E-state index is 0.637. The summed E-state index contributed by atoms with van der Waals surface area (Å²) in [5.41, 5.74) is 1.62. The Morgan fingerprint density at radius 1 is 1.38 bits per heavy atom. The van der Waals surface area contributed by atoms with Gasteiger partial charge in [0.15, 0.2) is 4.98 Å². The van der Waals surface area contributed by atoms with E-state index in [-0.39, 0.29) is 0 Å². The summed E-state index contributed by atoms with van der Waals surface area (Å²) in [5.74, 6) is 0. The van der Waals surface area contributed by atoms with Gasteiger partial charge in [0.05, 0.1) is 5.09 Å². The standard InChI is InChI=1S/C7H7N2.NO3/c1-6-4-2-3-5-7(6)9-8;2-1(3)4/h2-5H,1H3;/q+1;-1. The Balaban J connectivity index is 0.000000310. The van der Waals surface area contributed by atoms with E-state index in [0.29, 0.717) is 5.69 Å². The van der Waals surface area contributed by atoms with Gasteiger partial charge in [-0.05, 0) is 6.92 Å². The molecule has 0 fully saturated rings. The van der Waals surface area contributed by atoms with Gasteiger partial charge in [-0.15, -0.1) is 0 Å². The van der Waals surface area contributed by atoms with Crippen LogP contribution in [0.1, 0.15) is 5.56 Å². The van der Waals surface area contributed by atoms with Crippen LogP contribution in [0.5, 0.6) is 0 Å². The van der Waals surface area contributed by atoms with Crippen LogP contribution in [0.3, 0.4) is 0 Å². The summed E-state index contributed by atoms with van der Waals surface area (Å²) in [4.78, 5) is 11.3. The number of diazo groups is 1. The van der Waals surface area contributed by atoms with Crippen molar-refractivity contribution >= 4 is 5.69 Å². The van der Waals surface area contributed by atoms with Crippen LogP contribution in [0.2, 0.25) is 0 Å². The summed E-state index contributed by atoms with van der Waals surface area (Å²) in [6.07, 6.45) is 0. The normalized spacial score (nSPS) is 7.69. The van der Waals surface area contributed by atoms with Gasteiger partial charge in [0.1, 0.15) is 0 Å². The first kappa shape index (κ1) is 10.8. The first-order valence-electron chi connectivity index (χ1n) is 3.30. The van der Waals surface area contributed by atoms with Crippen molar-refractivity contribution < 1.29 is 5.09 Å². The number of hydrogen-bond acceptors (Lipinski definition) is 4. The maximum Gasteiger partial charge on any atom is 0.387 e. The molecule has 0 aliphatic rings. The number of hydrogen-bond donors (Lipinski definition) is 0. The lowest BCUT2D eigenvalue weighted by molar-refractivity contribution is -0.402. The van der Waals surface area contributed by atoms with Gasteiger partial charge in [-0.25, -0.2) is 0 Å². The Bertz CT molecular complexity index is 328. The number of rotatable bonds is 0. The highest BCUT2D eigenvalue weighted by Gasteiger charge is 2.04. The first-order valence-corrected chi connectivity index (χ1v) is 3.30. The largest absolute Gasteiger partial charge is 0.387 e. The number of aryl methyl sites for hydroxylation is 1. The van der Waals surface area contributed by atoms with E-state index in [1.807, 2.05) is 25.1 Å². The summed E-state index contributed by atoms with van der Waals surface area (Å²) in [6.45, 7) is 1.90. The van der Waals surface area contributed by atoms with Crippen LogP contribution in [-0.4, -0.2) is 5.09 Å². The molecule has 0 aromatic heterocycles. The Kier molecular flexibility index (Phi) is 4.57. The van der Waals surface area contributed by atoms with Crippen molar-refractivity contribution in [3.05, 3.63) is 50.1 Å². The van der Waals surface area contributed by atoms with Gasteiger partial charge in [-0.3, -0.25) is 0 Å². The molecule has 0 saturated heterocycles. The molecule has 6 heteroatoms. The zero-order chi connectivity index (χ0) is 10.3. The highest BCUT2D eigenvalue weighted by atomic mass is 16.9. The Morgan fingerprint density at radius 3 is 2.15 bits per heavy atom. The van der Waals surface area contributed by atoms with E-state index < -0.39 is 5.09 Å². The maximum absolute atomic E-state index is 8.34. The second-order valence-electron chi connectivity index (χ2n) is 2.11. The minimum Gasteiger partial charge on any atom is -0.356 e. The van der Waals surface area contributed by atoms with E-state index in [4.69, 9.17) is 20.7 Å². The summed E-state index contributed by atoms with van der Waals surface area (Å²) in [6, 6.07) is 7.40. The van der Waals surface area contributed by atoms with Gasteiger partial charge in [0, 0.05) is 11.6 Å². The van der Waals surface area contributed by atoms with Gasteiger partial charge in [-0.1, -0.05) is 18.2 Å². The molecule has 0 unspecified atom stereocenters. The Labute approximate surface area is 74.2 Å². The predicted octanol–water partition coefficient (Wildman–Crippen LogP) is 2.24. The van der Waals surface area contributed by atoms with Crippen LogP contribution < -0.4 is 0 Å². The van der Waals surface area contributed by atoms with Crippen molar-refractivity contribution in [1.29, 1.82) is 5.39 Å². The SMILES string of the molecule is Cc1ccccc1[N+]#N.O=[N+]([O-])[O-]. The number of benzene rings is 1. The van der Waals surface area contributed by atoms with Crippen LogP contribution in [0.15, 0.2) is 24.3 Å². The molecule has 68 valence electrons. The molecule has 0 bridgehead atoms. The number of nitrogens with zero attached hydrogens (tertiary/aromatic N) is 3. The van der Waals surface area contributed by atoms with Crippen LogP contribution in [0.25, 0.3) is 4.98 Å². The lowest BCUT2D eigenvalue weighted by Crippen LogP contribution is -1.74. The van der Waals surface area contributed by atoms with Crippen molar-refractivity contribution in [2.45, 2.75) is 6.92 Å². The quantitative estimate of drug-likeness (QED) is 0.348. The van der Waals surface area contributed by atoms with E-state index in [1.165, 1.54) is 0 Å². The highest BCUT2D eigenvalue weighted by Crippen LogP contribution is 2.15. The molecular weight excluding hydrogens is 174 g/mol. The summed E-state index contributed by atoms with van der Waals surface area (Å²) < 4.78 is 0. The molecule has 0 spiro atoms. The van der Waals surface area contributed by atoms with E-state index in [9.17, 15) is 0 Å². The molecule has 0 heterocycles. The van der Waals surface area contributed by atoms with Crippen molar-refractivity contribution in [3.8, 4) is 0 Å². The maximum atomic E-state index is 8.34.